The summed E-state index contributed by atoms with van der Waals surface area (Å²) in [6.45, 7) is 6.44. The molecule has 0 saturated carbocycles. The van der Waals surface area contributed by atoms with Gasteiger partial charge in [0, 0.05) is 17.3 Å². The van der Waals surface area contributed by atoms with Crippen LogP contribution in [0.3, 0.4) is 0 Å². The molecule has 0 unspecified atom stereocenters. The third-order valence-corrected chi connectivity index (χ3v) is 5.15. The smallest absolute Gasteiger partial charge is 0.338 e. The van der Waals surface area contributed by atoms with Gasteiger partial charge in [-0.25, -0.2) is 4.79 Å². The quantitative estimate of drug-likeness (QED) is 0.568. The predicted molar refractivity (Wildman–Crippen MR) is 120 cm³/mol. The van der Waals surface area contributed by atoms with Gasteiger partial charge in [0.25, 0.3) is 5.56 Å². The molecule has 5 nitrogen and oxygen atoms in total. The first kappa shape index (κ1) is 20.7. The molecule has 0 fully saturated rings. The van der Waals surface area contributed by atoms with E-state index in [0.29, 0.717) is 35.6 Å². The number of fused-ring (bicyclic) bond motifs is 1. The number of pyridine rings is 1. The normalized spacial score (nSPS) is 14.2. The number of nitrogens with zero attached hydrogens (tertiary/aromatic N) is 1. The second-order valence-electron chi connectivity index (χ2n) is 8.04. The molecular weight excluding hydrogens is 390 g/mol. The molecule has 2 aromatic carbocycles. The Hall–Kier alpha value is -3.60. The van der Waals surface area contributed by atoms with Crippen molar-refractivity contribution in [3.05, 3.63) is 106 Å². The molecule has 158 valence electrons. The number of carbonyl (C=O) groups excluding carboxylic acids is 1. The minimum Gasteiger partial charge on any atom is -0.483 e. The van der Waals surface area contributed by atoms with Crippen LogP contribution in [0, 0.1) is 0 Å². The van der Waals surface area contributed by atoms with Crippen LogP contribution in [-0.2, 0) is 11.3 Å². The van der Waals surface area contributed by atoms with Crippen LogP contribution in [0.2, 0.25) is 0 Å². The highest BCUT2D eigenvalue weighted by molar-refractivity contribution is 5.93. The topological polar surface area (TPSA) is 57.5 Å². The van der Waals surface area contributed by atoms with Crippen molar-refractivity contribution in [1.29, 1.82) is 0 Å². The van der Waals surface area contributed by atoms with Crippen molar-refractivity contribution in [3.8, 4) is 5.75 Å². The third kappa shape index (κ3) is 4.31. The number of ether oxygens (including phenoxy) is 2. The number of esters is 1. The second-order valence-corrected chi connectivity index (χ2v) is 8.04. The zero-order valence-corrected chi connectivity index (χ0v) is 17.9. The van der Waals surface area contributed by atoms with Crippen molar-refractivity contribution in [2.24, 2.45) is 0 Å². The van der Waals surface area contributed by atoms with Crippen LogP contribution in [0.15, 0.2) is 77.7 Å². The minimum atomic E-state index is -0.597. The van der Waals surface area contributed by atoms with Gasteiger partial charge in [0.1, 0.15) is 11.4 Å². The number of hydrogen-bond acceptors (Lipinski definition) is 4. The van der Waals surface area contributed by atoms with Crippen molar-refractivity contribution < 1.29 is 14.3 Å². The average molecular weight is 415 g/mol. The fourth-order valence-corrected chi connectivity index (χ4v) is 3.78. The highest BCUT2D eigenvalue weighted by Gasteiger charge is 2.29. The molecule has 1 aliphatic heterocycles. The summed E-state index contributed by atoms with van der Waals surface area (Å²) in [5, 5.41) is 0. The zero-order valence-electron chi connectivity index (χ0n) is 17.9. The molecule has 0 bridgehead atoms. The number of benzene rings is 2. The molecule has 0 aliphatic carbocycles. The maximum Gasteiger partial charge on any atom is 0.338 e. The first-order chi connectivity index (χ1) is 14.9. The van der Waals surface area contributed by atoms with Crippen LogP contribution in [0.4, 0.5) is 0 Å². The van der Waals surface area contributed by atoms with Crippen LogP contribution in [0.25, 0.3) is 5.57 Å². The second kappa shape index (κ2) is 8.26. The summed E-state index contributed by atoms with van der Waals surface area (Å²) in [6.07, 6.45) is 3.73. The van der Waals surface area contributed by atoms with Gasteiger partial charge < -0.3 is 14.0 Å². The van der Waals surface area contributed by atoms with Gasteiger partial charge in [-0.15, -0.1) is 0 Å². The largest absolute Gasteiger partial charge is 0.483 e. The van der Waals surface area contributed by atoms with E-state index in [0.717, 1.165) is 11.1 Å². The van der Waals surface area contributed by atoms with E-state index in [9.17, 15) is 9.59 Å². The van der Waals surface area contributed by atoms with Gasteiger partial charge in [0.15, 0.2) is 0 Å². The van der Waals surface area contributed by atoms with Crippen LogP contribution in [0.1, 0.15) is 47.8 Å². The average Bonchev–Trinajstić information content (AvgIpc) is 2.75. The lowest BCUT2D eigenvalue weighted by Gasteiger charge is -2.31. The lowest BCUT2D eigenvalue weighted by Crippen LogP contribution is -2.31. The Bertz CT molecular complexity index is 1210. The molecule has 2 heterocycles. The summed E-state index contributed by atoms with van der Waals surface area (Å²) in [5.74, 6) is 0.234. The van der Waals surface area contributed by atoms with E-state index in [1.165, 1.54) is 0 Å². The van der Waals surface area contributed by atoms with Gasteiger partial charge in [-0.2, -0.15) is 0 Å². The van der Waals surface area contributed by atoms with Crippen LogP contribution in [0.5, 0.6) is 5.75 Å². The number of aromatic nitrogens is 1. The maximum absolute atomic E-state index is 13.4. The van der Waals surface area contributed by atoms with Crippen LogP contribution >= 0.6 is 0 Å². The van der Waals surface area contributed by atoms with E-state index in [1.54, 1.807) is 35.9 Å². The van der Waals surface area contributed by atoms with E-state index in [-0.39, 0.29) is 5.56 Å². The van der Waals surface area contributed by atoms with E-state index < -0.39 is 11.6 Å². The Balaban J connectivity index is 1.81. The summed E-state index contributed by atoms with van der Waals surface area (Å²) >= 11 is 0. The minimum absolute atomic E-state index is 0.0946. The lowest BCUT2D eigenvalue weighted by atomic mass is 9.89. The molecule has 0 N–H and O–H groups in total. The van der Waals surface area contributed by atoms with Crippen molar-refractivity contribution in [1.82, 2.24) is 4.57 Å². The van der Waals surface area contributed by atoms with Gasteiger partial charge in [0.05, 0.1) is 18.7 Å². The predicted octanol–water partition coefficient (Wildman–Crippen LogP) is 4.68. The number of rotatable bonds is 5. The summed E-state index contributed by atoms with van der Waals surface area (Å²) in [4.78, 5) is 25.7. The highest BCUT2D eigenvalue weighted by Crippen LogP contribution is 2.39. The fourth-order valence-electron chi connectivity index (χ4n) is 3.78. The van der Waals surface area contributed by atoms with Crippen molar-refractivity contribution in [2.75, 3.05) is 6.61 Å². The van der Waals surface area contributed by atoms with Gasteiger partial charge in [-0.1, -0.05) is 30.3 Å². The molecule has 31 heavy (non-hydrogen) atoms. The third-order valence-electron chi connectivity index (χ3n) is 5.15. The van der Waals surface area contributed by atoms with Crippen LogP contribution in [-0.4, -0.2) is 22.7 Å². The molecule has 4 rings (SSSR count). The van der Waals surface area contributed by atoms with E-state index in [1.807, 2.05) is 62.4 Å². The van der Waals surface area contributed by atoms with Gasteiger partial charge in [-0.3, -0.25) is 4.79 Å². The summed E-state index contributed by atoms with van der Waals surface area (Å²) in [6, 6.07) is 18.7. The van der Waals surface area contributed by atoms with Gasteiger partial charge in [-0.05, 0) is 68.3 Å². The SMILES string of the molecule is CCOC(=O)c1ccc2c(c1)C(c1cccn(Cc3ccccc3)c1=O)=CC(C)(C)O2. The Morgan fingerprint density at radius 3 is 2.55 bits per heavy atom. The maximum atomic E-state index is 13.4. The first-order valence-corrected chi connectivity index (χ1v) is 10.3. The summed E-state index contributed by atoms with van der Waals surface area (Å²) in [7, 11) is 0. The Kier molecular flexibility index (Phi) is 5.51. The Morgan fingerprint density at radius 1 is 1.03 bits per heavy atom. The fraction of sp³-hybridized carbons (Fsp3) is 0.231. The Labute approximate surface area is 181 Å². The molecule has 0 saturated heterocycles. The number of carbonyl (C=O) groups is 1. The lowest BCUT2D eigenvalue weighted by molar-refractivity contribution is 0.0526. The zero-order chi connectivity index (χ0) is 22.0. The monoisotopic (exact) mass is 415 g/mol. The summed E-state index contributed by atoms with van der Waals surface area (Å²) in [5.41, 5.74) is 2.81. The van der Waals surface area contributed by atoms with E-state index >= 15 is 0 Å². The molecule has 0 amide bonds. The number of hydrogen-bond donors (Lipinski definition) is 0. The summed E-state index contributed by atoms with van der Waals surface area (Å²) < 4.78 is 12.9. The first-order valence-electron chi connectivity index (χ1n) is 10.3. The standard InChI is InChI=1S/C26H25NO4/c1-4-30-25(29)19-12-13-23-21(15-19)22(16-26(2,3)31-23)20-11-8-14-27(24(20)28)17-18-9-6-5-7-10-18/h5-16H,4,17H2,1-3H3. The van der Waals surface area contributed by atoms with Crippen LogP contribution < -0.4 is 10.3 Å². The molecule has 1 aliphatic rings. The van der Waals surface area contributed by atoms with Gasteiger partial charge >= 0.3 is 5.97 Å². The molecular formula is C26H25NO4. The molecule has 1 aromatic heterocycles. The van der Waals surface area contributed by atoms with Crippen molar-refractivity contribution in [3.63, 3.8) is 0 Å². The van der Waals surface area contributed by atoms with E-state index in [2.05, 4.69) is 0 Å². The molecule has 0 spiro atoms. The van der Waals surface area contributed by atoms with Crippen molar-refractivity contribution >= 4 is 11.5 Å². The Morgan fingerprint density at radius 2 is 1.81 bits per heavy atom. The molecule has 5 heteroatoms. The van der Waals surface area contributed by atoms with Gasteiger partial charge in [0.2, 0.25) is 0 Å². The molecule has 0 atom stereocenters. The van der Waals surface area contributed by atoms with Crippen molar-refractivity contribution in [2.45, 2.75) is 32.9 Å². The van der Waals surface area contributed by atoms with E-state index in [4.69, 9.17) is 9.47 Å². The highest BCUT2D eigenvalue weighted by atomic mass is 16.5. The molecule has 0 radical (unpaired) electrons. The molecule has 3 aromatic rings.